The summed E-state index contributed by atoms with van der Waals surface area (Å²) in [5.41, 5.74) is -1.14. The molecule has 0 bridgehead atoms. The largest absolute Gasteiger partial charge is 0.483 e. The van der Waals surface area contributed by atoms with E-state index in [1.807, 2.05) is 32.0 Å². The van der Waals surface area contributed by atoms with Gasteiger partial charge in [-0.15, -0.1) is 0 Å². The van der Waals surface area contributed by atoms with Crippen LogP contribution in [-0.2, 0) is 39.8 Å². The molecule has 3 rings (SSSR count). The molecule has 1 aromatic rings. The van der Waals surface area contributed by atoms with Gasteiger partial charge < -0.3 is 44.7 Å². The quantitative estimate of drug-likeness (QED) is 0.0611. The van der Waals surface area contributed by atoms with Gasteiger partial charge >= 0.3 is 11.9 Å². The monoisotopic (exact) mass is 732 g/mol. The number of methoxy groups -OCH3 is 1. The van der Waals surface area contributed by atoms with E-state index in [2.05, 4.69) is 24.1 Å². The average molecular weight is 733 g/mol. The van der Waals surface area contributed by atoms with Crippen LogP contribution in [0.4, 0.5) is 0 Å². The van der Waals surface area contributed by atoms with E-state index in [-0.39, 0.29) is 55.9 Å². The number of carbonyl (C=O) groups excluding carboxylic acids is 2. The molecule has 2 aliphatic heterocycles. The molecule has 11 atom stereocenters. The molecule has 1 saturated heterocycles. The number of nitrogens with zero attached hydrogens (tertiary/aromatic N) is 1. The zero-order valence-corrected chi connectivity index (χ0v) is 31.8. The van der Waals surface area contributed by atoms with Gasteiger partial charge in [0.1, 0.15) is 23.9 Å². The number of aromatic nitrogens is 1. The maximum Gasteiger partial charge on any atom is 0.309 e. The summed E-state index contributed by atoms with van der Waals surface area (Å²) >= 11 is 0. The molecule has 52 heavy (non-hydrogen) atoms. The summed E-state index contributed by atoms with van der Waals surface area (Å²) in [6.07, 6.45) is 8.89. The number of rotatable bonds is 14. The van der Waals surface area contributed by atoms with Crippen LogP contribution in [0.3, 0.4) is 0 Å². The molecule has 1 aromatic heterocycles. The molecule has 0 radical (unpaired) electrons. The van der Waals surface area contributed by atoms with Crippen LogP contribution in [0.1, 0.15) is 79.8 Å². The van der Waals surface area contributed by atoms with Gasteiger partial charge in [-0.3, -0.25) is 19.4 Å². The highest BCUT2D eigenvalue weighted by atomic mass is 16.6. The van der Waals surface area contributed by atoms with Crippen molar-refractivity contribution in [1.29, 1.82) is 0 Å². The van der Waals surface area contributed by atoms with E-state index in [0.29, 0.717) is 18.5 Å². The van der Waals surface area contributed by atoms with Crippen LogP contribution < -0.4 is 5.32 Å². The minimum atomic E-state index is -1.45. The van der Waals surface area contributed by atoms with E-state index >= 15 is 0 Å². The van der Waals surface area contributed by atoms with Crippen LogP contribution in [-0.4, -0.2) is 111 Å². The van der Waals surface area contributed by atoms with E-state index < -0.39 is 47.5 Å². The number of ether oxygens (including phenoxy) is 4. The van der Waals surface area contributed by atoms with Gasteiger partial charge in [-0.2, -0.15) is 0 Å². The van der Waals surface area contributed by atoms with Crippen LogP contribution in [0.15, 0.2) is 60.3 Å². The number of epoxide rings is 1. The minimum Gasteiger partial charge on any atom is -0.483 e. The lowest BCUT2D eigenvalue weighted by molar-refractivity contribution is -0.157. The van der Waals surface area contributed by atoms with Crippen LogP contribution in [0.25, 0.3) is 0 Å². The maximum atomic E-state index is 12.9. The Morgan fingerprint density at radius 2 is 1.94 bits per heavy atom. The first-order chi connectivity index (χ1) is 24.5. The van der Waals surface area contributed by atoms with Gasteiger partial charge in [0, 0.05) is 50.7 Å². The molecule has 3 heterocycles. The van der Waals surface area contributed by atoms with Gasteiger partial charge in [-0.25, -0.2) is 0 Å². The number of esters is 2. The summed E-state index contributed by atoms with van der Waals surface area (Å²) < 4.78 is 23.1. The number of hydrogen-bond acceptors (Lipinski definition) is 12. The van der Waals surface area contributed by atoms with Crippen molar-refractivity contribution in [3.8, 4) is 0 Å². The number of carbonyl (C=O) groups is 3. The highest BCUT2D eigenvalue weighted by Crippen LogP contribution is 2.39. The Morgan fingerprint density at radius 3 is 2.54 bits per heavy atom. The summed E-state index contributed by atoms with van der Waals surface area (Å²) in [5, 5.41) is 43.8. The molecule has 13 nitrogen and oxygen atoms in total. The third-order valence-electron chi connectivity index (χ3n) is 9.66. The lowest BCUT2D eigenvalue weighted by Gasteiger charge is -2.32. The van der Waals surface area contributed by atoms with Crippen molar-refractivity contribution in [2.75, 3.05) is 13.7 Å². The molecule has 13 heteroatoms. The van der Waals surface area contributed by atoms with Gasteiger partial charge in [-0.1, -0.05) is 51.1 Å². The first-order valence-electron chi connectivity index (χ1n) is 17.9. The molecular weight excluding hydrogens is 672 g/mol. The Kier molecular flexibility index (Phi) is 18.3. The van der Waals surface area contributed by atoms with Gasteiger partial charge in [0.2, 0.25) is 0 Å². The number of aliphatic hydroxyl groups excluding tert-OH is 1. The fraction of sp³-hybridized carbons (Fsp3) is 0.641. The van der Waals surface area contributed by atoms with Crippen molar-refractivity contribution in [3.63, 3.8) is 0 Å². The fourth-order valence-electron chi connectivity index (χ4n) is 6.57. The SMILES string of the molecule is CC[C@H](OC)[C@@H](C)[C@H]1O[C@@H]1C(NCCc1ccccn1)C(C)(O)/C=C/C=C(\C)[C@@H]1OC(=O)C[C@H](O)CC[C@@](C)(O)[C@@H](OC(C)=O)/C=C/[C@@H]1C.O=CO. The highest BCUT2D eigenvalue weighted by Gasteiger charge is 2.54. The minimum absolute atomic E-state index is 0.0384. The first-order valence-corrected chi connectivity index (χ1v) is 17.9. The number of cyclic esters (lactones) is 1. The van der Waals surface area contributed by atoms with E-state index in [4.69, 9.17) is 28.8 Å². The van der Waals surface area contributed by atoms with Crippen molar-refractivity contribution >= 4 is 18.4 Å². The van der Waals surface area contributed by atoms with Crippen molar-refractivity contribution in [2.45, 2.75) is 134 Å². The maximum absolute atomic E-state index is 12.9. The summed E-state index contributed by atoms with van der Waals surface area (Å²) in [6.45, 7) is 12.8. The van der Waals surface area contributed by atoms with Crippen molar-refractivity contribution in [1.82, 2.24) is 10.3 Å². The molecule has 0 spiro atoms. The van der Waals surface area contributed by atoms with Crippen molar-refractivity contribution in [2.24, 2.45) is 11.8 Å². The van der Waals surface area contributed by atoms with Gasteiger partial charge in [0.15, 0.2) is 0 Å². The second-order valence-electron chi connectivity index (χ2n) is 14.1. The number of carboxylic acid groups (broad SMARTS) is 1. The van der Waals surface area contributed by atoms with E-state index in [9.17, 15) is 24.9 Å². The summed E-state index contributed by atoms with van der Waals surface area (Å²) in [6, 6.07) is 5.36. The van der Waals surface area contributed by atoms with Crippen LogP contribution in [0.2, 0.25) is 0 Å². The second-order valence-corrected chi connectivity index (χ2v) is 14.1. The zero-order valence-electron chi connectivity index (χ0n) is 31.8. The molecular formula is C39H60N2O11. The molecule has 2 unspecified atom stereocenters. The number of hydrogen-bond donors (Lipinski definition) is 5. The Balaban J connectivity index is 0.00000301. The number of aliphatic hydroxyl groups is 3. The van der Waals surface area contributed by atoms with Gasteiger partial charge in [-0.05, 0) is 63.8 Å². The van der Waals surface area contributed by atoms with Crippen molar-refractivity contribution < 1.29 is 53.8 Å². The molecule has 0 saturated carbocycles. The lowest BCUT2D eigenvalue weighted by Crippen LogP contribution is -2.52. The van der Waals surface area contributed by atoms with Gasteiger partial charge in [0.25, 0.3) is 6.47 Å². The Bertz CT molecular complexity index is 1340. The normalized spacial score (nSPS) is 30.5. The summed E-state index contributed by atoms with van der Waals surface area (Å²) in [5.74, 6) is -1.36. The topological polar surface area (TPSA) is 197 Å². The highest BCUT2D eigenvalue weighted by molar-refractivity contribution is 5.70. The van der Waals surface area contributed by atoms with Crippen LogP contribution >= 0.6 is 0 Å². The third-order valence-corrected chi connectivity index (χ3v) is 9.66. The zero-order chi connectivity index (χ0) is 39.1. The summed E-state index contributed by atoms with van der Waals surface area (Å²) in [4.78, 5) is 37.5. The van der Waals surface area contributed by atoms with Crippen LogP contribution in [0, 0.1) is 11.8 Å². The average Bonchev–Trinajstić information content (AvgIpc) is 3.87. The number of pyridine rings is 1. The number of nitrogens with one attached hydrogen (secondary N) is 1. The first kappa shape index (κ1) is 44.7. The second kappa shape index (κ2) is 21.3. The van der Waals surface area contributed by atoms with Crippen molar-refractivity contribution in [3.05, 3.63) is 66.0 Å². The number of allylic oxidation sites excluding steroid dienone is 2. The molecule has 0 amide bonds. The third kappa shape index (κ3) is 14.2. The molecule has 0 aromatic carbocycles. The Labute approximate surface area is 308 Å². The molecule has 2 aliphatic rings. The molecule has 5 N–H and O–H groups in total. The predicted octanol–water partition coefficient (Wildman–Crippen LogP) is 3.70. The van der Waals surface area contributed by atoms with E-state index in [1.165, 1.54) is 6.92 Å². The lowest BCUT2D eigenvalue weighted by atomic mass is 9.87. The van der Waals surface area contributed by atoms with Gasteiger partial charge in [0.05, 0.1) is 36.4 Å². The van der Waals surface area contributed by atoms with E-state index in [0.717, 1.165) is 12.1 Å². The van der Waals surface area contributed by atoms with Crippen LogP contribution in [0.5, 0.6) is 0 Å². The smallest absolute Gasteiger partial charge is 0.309 e. The molecule has 292 valence electrons. The molecule has 1 fully saturated rings. The standard InChI is InChI=1S/C38H58N2O9.CH2O2/c1-9-30(46-8)26(4)34-35(49-34)36(40-22-18-28-14-10-11-21-39-28)38(7,45)19-12-13-24(2)33-25(3)15-16-31(47-27(5)41)37(6,44)20-17-29(42)23-32(43)48-33;2-1-3/h10-16,19,21,25-26,29-31,33-36,40,42,44-45H,9,17-18,20,22-23H2,1-8H3;1H,(H,2,3)/b16-15+,19-12+,24-13+;/t25-,26+,29+,30-,31-,33-,34+,35-,36?,37+,38?;/m0./s1. The molecule has 0 aliphatic carbocycles. The Hall–Kier alpha value is -3.46. The predicted molar refractivity (Wildman–Crippen MR) is 195 cm³/mol. The van der Waals surface area contributed by atoms with E-state index in [1.54, 1.807) is 57.5 Å². The Morgan fingerprint density at radius 1 is 1.25 bits per heavy atom. The summed E-state index contributed by atoms with van der Waals surface area (Å²) in [7, 11) is 1.71. The fourth-order valence-corrected chi connectivity index (χ4v) is 6.57.